The van der Waals surface area contributed by atoms with Crippen LogP contribution in [0.4, 0.5) is 4.79 Å². The first-order chi connectivity index (χ1) is 25.9. The van der Waals surface area contributed by atoms with E-state index in [2.05, 4.69) is 10.5 Å². The Hall–Kier alpha value is -4.98. The van der Waals surface area contributed by atoms with Crippen molar-refractivity contribution < 1.29 is 32.7 Å². The summed E-state index contributed by atoms with van der Waals surface area (Å²) >= 11 is 0. The van der Waals surface area contributed by atoms with E-state index in [-0.39, 0.29) is 42.3 Å². The number of oxime groups is 1. The Bertz CT molecular complexity index is 1950. The molecule has 1 fully saturated rings. The van der Waals surface area contributed by atoms with Gasteiger partial charge in [-0.3, -0.25) is 4.79 Å². The SMILES string of the molecule is CC[C@H](C)[C@@H](C(=O)N[C@@H](Cc1ccccc1)[C@@H](O)CN(CC(C)C)S(=O)(=O)c1ccc(C=NO)cc1)N1CCN(Cc2cccc(-c3ccoc3)c2)C1=O. The summed E-state index contributed by atoms with van der Waals surface area (Å²) in [4.78, 5) is 31.7. The van der Waals surface area contributed by atoms with E-state index in [4.69, 9.17) is 9.62 Å². The van der Waals surface area contributed by atoms with Crippen molar-refractivity contribution in [2.45, 2.75) is 70.2 Å². The summed E-state index contributed by atoms with van der Waals surface area (Å²) in [5.74, 6) is -0.674. The molecule has 288 valence electrons. The Morgan fingerprint density at radius 1 is 0.963 bits per heavy atom. The van der Waals surface area contributed by atoms with Crippen molar-refractivity contribution >= 4 is 28.2 Å². The smallest absolute Gasteiger partial charge is 0.321 e. The van der Waals surface area contributed by atoms with Crippen molar-refractivity contribution in [1.82, 2.24) is 19.4 Å². The lowest BCUT2D eigenvalue weighted by atomic mass is 9.95. The normalized spacial score (nSPS) is 15.9. The summed E-state index contributed by atoms with van der Waals surface area (Å²) in [7, 11) is -4.07. The molecule has 4 aromatic rings. The number of hydrogen-bond acceptors (Lipinski definition) is 8. The summed E-state index contributed by atoms with van der Waals surface area (Å²) in [6.07, 6.45) is 4.06. The zero-order chi connectivity index (χ0) is 38.8. The van der Waals surface area contributed by atoms with Gasteiger partial charge in [-0.25, -0.2) is 13.2 Å². The van der Waals surface area contributed by atoms with Gasteiger partial charge in [-0.2, -0.15) is 4.31 Å². The monoisotopic (exact) mass is 757 g/mol. The van der Waals surface area contributed by atoms with Gasteiger partial charge in [-0.15, -0.1) is 0 Å². The molecular formula is C41H51N5O7S. The van der Waals surface area contributed by atoms with Crippen LogP contribution in [0.5, 0.6) is 0 Å². The van der Waals surface area contributed by atoms with Gasteiger partial charge in [0.2, 0.25) is 15.9 Å². The lowest BCUT2D eigenvalue weighted by Gasteiger charge is -2.35. The van der Waals surface area contributed by atoms with Gasteiger partial charge < -0.3 is 29.8 Å². The van der Waals surface area contributed by atoms with Crippen molar-refractivity contribution in [1.29, 1.82) is 0 Å². The fourth-order valence-electron chi connectivity index (χ4n) is 6.81. The molecule has 1 aliphatic rings. The van der Waals surface area contributed by atoms with E-state index in [0.717, 1.165) is 22.3 Å². The highest BCUT2D eigenvalue weighted by atomic mass is 32.2. The van der Waals surface area contributed by atoms with Crippen molar-refractivity contribution in [2.75, 3.05) is 26.2 Å². The van der Waals surface area contributed by atoms with Crippen molar-refractivity contribution in [2.24, 2.45) is 17.0 Å². The molecule has 0 saturated carbocycles. The first kappa shape index (κ1) is 40.2. The van der Waals surface area contributed by atoms with E-state index < -0.39 is 34.1 Å². The molecule has 2 heterocycles. The predicted octanol–water partition coefficient (Wildman–Crippen LogP) is 5.84. The maximum absolute atomic E-state index is 14.4. The van der Waals surface area contributed by atoms with Crippen LogP contribution < -0.4 is 5.32 Å². The van der Waals surface area contributed by atoms with Gasteiger partial charge in [0.1, 0.15) is 6.04 Å². The number of benzene rings is 3. The van der Waals surface area contributed by atoms with E-state index in [1.807, 2.05) is 88.4 Å². The number of furan rings is 1. The van der Waals surface area contributed by atoms with Gasteiger partial charge in [0.25, 0.3) is 0 Å². The van der Waals surface area contributed by atoms with Gasteiger partial charge >= 0.3 is 6.03 Å². The lowest BCUT2D eigenvalue weighted by Crippen LogP contribution is -2.57. The third-order valence-corrected chi connectivity index (χ3v) is 11.7. The number of aliphatic hydroxyl groups is 1. The van der Waals surface area contributed by atoms with Crippen LogP contribution in [-0.4, -0.2) is 95.4 Å². The minimum absolute atomic E-state index is 0.0243. The van der Waals surface area contributed by atoms with Crippen LogP contribution in [0.2, 0.25) is 0 Å². The second-order valence-electron chi connectivity index (χ2n) is 14.3. The lowest BCUT2D eigenvalue weighted by molar-refractivity contribution is -0.128. The average molecular weight is 758 g/mol. The molecule has 1 aliphatic heterocycles. The molecule has 3 N–H and O–H groups in total. The summed E-state index contributed by atoms with van der Waals surface area (Å²) in [6.45, 7) is 8.72. The minimum Gasteiger partial charge on any atom is -0.472 e. The van der Waals surface area contributed by atoms with Crippen LogP contribution in [-0.2, 0) is 27.8 Å². The molecule has 0 radical (unpaired) electrons. The van der Waals surface area contributed by atoms with Crippen molar-refractivity contribution in [3.8, 4) is 11.1 Å². The zero-order valence-electron chi connectivity index (χ0n) is 31.3. The Labute approximate surface area is 318 Å². The Kier molecular flexibility index (Phi) is 13.7. The Morgan fingerprint density at radius 2 is 1.69 bits per heavy atom. The van der Waals surface area contributed by atoms with Gasteiger partial charge in [-0.1, -0.05) is 99.9 Å². The number of nitrogens with one attached hydrogen (secondary N) is 1. The fraction of sp³-hybridized carbons (Fsp3) is 0.390. The number of aliphatic hydroxyl groups excluding tert-OH is 1. The van der Waals surface area contributed by atoms with Crippen LogP contribution in [0, 0.1) is 11.8 Å². The largest absolute Gasteiger partial charge is 0.472 e. The molecule has 1 saturated heterocycles. The second-order valence-corrected chi connectivity index (χ2v) is 16.3. The number of hydrogen-bond donors (Lipinski definition) is 3. The van der Waals surface area contributed by atoms with E-state index >= 15 is 0 Å². The van der Waals surface area contributed by atoms with E-state index in [1.54, 1.807) is 22.3 Å². The highest BCUT2D eigenvalue weighted by Crippen LogP contribution is 2.26. The summed E-state index contributed by atoms with van der Waals surface area (Å²) < 4.78 is 34.4. The molecule has 54 heavy (non-hydrogen) atoms. The van der Waals surface area contributed by atoms with Gasteiger partial charge in [-0.05, 0) is 64.8 Å². The van der Waals surface area contributed by atoms with Gasteiger partial charge in [0, 0.05) is 38.3 Å². The fourth-order valence-corrected chi connectivity index (χ4v) is 8.43. The average Bonchev–Trinajstić information content (AvgIpc) is 3.82. The van der Waals surface area contributed by atoms with Crippen LogP contribution in [0.15, 0.2) is 112 Å². The standard InChI is InChI=1S/C41H51N5O7S/c1-5-30(4)39(46-20-19-44(41(46)49)26-33-12-9-13-34(22-33)35-18-21-53-28-35)40(48)43-37(23-31-10-7-6-8-11-31)38(47)27-45(25-29(2)3)54(51,52)36-16-14-32(15-17-36)24-42-50/h6-18,21-22,24,28-30,37-39,47,50H,5,19-20,23,25-27H2,1-4H3,(H,43,48)/t30-,37-,38-,39-/m0/s1. The van der Waals surface area contributed by atoms with E-state index in [1.165, 1.54) is 34.8 Å². The van der Waals surface area contributed by atoms with E-state index in [9.17, 15) is 23.1 Å². The number of urea groups is 1. The quantitative estimate of drug-likeness (QED) is 0.0654. The van der Waals surface area contributed by atoms with Crippen molar-refractivity contribution in [3.63, 3.8) is 0 Å². The third-order valence-electron chi connectivity index (χ3n) is 9.84. The molecule has 3 amide bonds. The van der Waals surface area contributed by atoms with Crippen LogP contribution in [0.25, 0.3) is 11.1 Å². The first-order valence-corrected chi connectivity index (χ1v) is 19.8. The predicted molar refractivity (Wildman–Crippen MR) is 207 cm³/mol. The molecule has 0 aliphatic carbocycles. The maximum Gasteiger partial charge on any atom is 0.321 e. The number of carbonyl (C=O) groups is 2. The number of amides is 3. The highest BCUT2D eigenvalue weighted by Gasteiger charge is 2.41. The van der Waals surface area contributed by atoms with Crippen LogP contribution >= 0.6 is 0 Å². The molecular weight excluding hydrogens is 707 g/mol. The van der Waals surface area contributed by atoms with Gasteiger partial charge in [0.15, 0.2) is 0 Å². The number of carbonyl (C=O) groups excluding carboxylic acids is 2. The second kappa shape index (κ2) is 18.4. The summed E-state index contributed by atoms with van der Waals surface area (Å²) in [5, 5.41) is 26.8. The maximum atomic E-state index is 14.4. The topological polar surface area (TPSA) is 156 Å². The molecule has 3 aromatic carbocycles. The Balaban J connectivity index is 1.37. The van der Waals surface area contributed by atoms with Crippen LogP contribution in [0.1, 0.15) is 50.8 Å². The third kappa shape index (κ3) is 9.95. The zero-order valence-corrected chi connectivity index (χ0v) is 32.1. The molecule has 13 heteroatoms. The summed E-state index contributed by atoms with van der Waals surface area (Å²) in [6, 6.07) is 23.2. The number of sulfonamides is 1. The molecule has 1 aromatic heterocycles. The highest BCUT2D eigenvalue weighted by molar-refractivity contribution is 7.89. The molecule has 12 nitrogen and oxygen atoms in total. The van der Waals surface area contributed by atoms with Gasteiger partial charge in [0.05, 0.1) is 35.8 Å². The van der Waals surface area contributed by atoms with Crippen molar-refractivity contribution in [3.05, 3.63) is 114 Å². The number of rotatable bonds is 18. The minimum atomic E-state index is -4.07. The summed E-state index contributed by atoms with van der Waals surface area (Å²) in [5.41, 5.74) is 4.25. The first-order valence-electron chi connectivity index (χ1n) is 18.4. The molecule has 0 bridgehead atoms. The molecule has 5 rings (SSSR count). The van der Waals surface area contributed by atoms with E-state index in [0.29, 0.717) is 31.6 Å². The Morgan fingerprint density at radius 3 is 2.33 bits per heavy atom. The molecule has 0 unspecified atom stereocenters. The number of nitrogens with zero attached hydrogens (tertiary/aromatic N) is 4. The molecule has 4 atom stereocenters. The van der Waals surface area contributed by atoms with Crippen LogP contribution in [0.3, 0.4) is 0 Å². The molecule has 0 spiro atoms.